The zero-order valence-electron chi connectivity index (χ0n) is 13.2. The molecule has 116 valence electrons. The summed E-state index contributed by atoms with van der Waals surface area (Å²) in [6.07, 6.45) is 3.19. The van der Waals surface area contributed by atoms with Crippen molar-refractivity contribution in [3.05, 3.63) is 29.8 Å². The molecule has 4 heteroatoms. The number of benzene rings is 1. The molecule has 21 heavy (non-hydrogen) atoms. The number of para-hydroxylation sites is 1. The average molecular weight is 290 g/mol. The number of likely N-dealkylation sites (N-methyl/N-ethyl adjacent to an activating group) is 1. The number of rotatable bonds is 4. The van der Waals surface area contributed by atoms with Crippen LogP contribution in [0.25, 0.3) is 0 Å². The number of nitrogens with one attached hydrogen (secondary N) is 1. The highest BCUT2D eigenvalue weighted by atomic mass is 16.3. The van der Waals surface area contributed by atoms with Gasteiger partial charge in [0, 0.05) is 12.6 Å². The van der Waals surface area contributed by atoms with Gasteiger partial charge in [0.2, 0.25) is 5.91 Å². The predicted molar refractivity (Wildman–Crippen MR) is 84.1 cm³/mol. The van der Waals surface area contributed by atoms with Gasteiger partial charge in [-0.25, -0.2) is 0 Å². The zero-order valence-corrected chi connectivity index (χ0v) is 13.2. The van der Waals surface area contributed by atoms with E-state index in [1.165, 1.54) is 0 Å². The maximum absolute atomic E-state index is 12.7. The Morgan fingerprint density at radius 1 is 1.48 bits per heavy atom. The fourth-order valence-corrected chi connectivity index (χ4v) is 3.04. The zero-order chi connectivity index (χ0) is 15.4. The van der Waals surface area contributed by atoms with E-state index in [1.807, 2.05) is 26.1 Å². The fraction of sp³-hybridized carbons (Fsp3) is 0.588. The summed E-state index contributed by atoms with van der Waals surface area (Å²) in [5.74, 6) is 0.991. The Balaban J connectivity index is 2.06. The lowest BCUT2D eigenvalue weighted by atomic mass is 9.89. The molecule has 0 aromatic heterocycles. The van der Waals surface area contributed by atoms with Crippen LogP contribution in [0.15, 0.2) is 24.3 Å². The van der Waals surface area contributed by atoms with Crippen molar-refractivity contribution in [1.29, 1.82) is 0 Å². The van der Waals surface area contributed by atoms with Crippen molar-refractivity contribution in [3.63, 3.8) is 0 Å². The van der Waals surface area contributed by atoms with E-state index in [0.29, 0.717) is 5.92 Å². The lowest BCUT2D eigenvalue weighted by Crippen LogP contribution is -2.49. The molecule has 4 nitrogen and oxygen atoms in total. The summed E-state index contributed by atoms with van der Waals surface area (Å²) >= 11 is 0. The number of phenolic OH excluding ortho intramolecular Hbond substituents is 1. The Hall–Kier alpha value is -1.55. The van der Waals surface area contributed by atoms with E-state index in [1.54, 1.807) is 17.0 Å². The first-order chi connectivity index (χ1) is 10.0. The molecule has 2 N–H and O–H groups in total. The summed E-state index contributed by atoms with van der Waals surface area (Å²) < 4.78 is 0. The molecule has 1 aliphatic heterocycles. The van der Waals surface area contributed by atoms with Gasteiger partial charge < -0.3 is 15.3 Å². The van der Waals surface area contributed by atoms with Crippen LogP contribution in [-0.4, -0.2) is 35.5 Å². The first-order valence-electron chi connectivity index (χ1n) is 7.82. The van der Waals surface area contributed by atoms with Crippen molar-refractivity contribution in [3.8, 4) is 5.75 Å². The normalized spacial score (nSPS) is 23.6. The van der Waals surface area contributed by atoms with Crippen LogP contribution in [-0.2, 0) is 4.79 Å². The highest BCUT2D eigenvalue weighted by molar-refractivity contribution is 5.82. The number of phenols is 1. The van der Waals surface area contributed by atoms with Crippen molar-refractivity contribution >= 4 is 5.91 Å². The summed E-state index contributed by atoms with van der Waals surface area (Å²) in [5.41, 5.74) is 0.788. The van der Waals surface area contributed by atoms with Gasteiger partial charge >= 0.3 is 0 Å². The SMILES string of the molecule is CCC1CCNC(C(=O)N(C)C(C)c2ccccc2O)C1. The summed E-state index contributed by atoms with van der Waals surface area (Å²) in [5, 5.41) is 13.3. The molecule has 1 aliphatic rings. The third kappa shape index (κ3) is 3.56. The second-order valence-corrected chi connectivity index (χ2v) is 5.99. The highest BCUT2D eigenvalue weighted by Crippen LogP contribution is 2.28. The fourth-order valence-electron chi connectivity index (χ4n) is 3.04. The van der Waals surface area contributed by atoms with E-state index in [-0.39, 0.29) is 23.7 Å². The smallest absolute Gasteiger partial charge is 0.239 e. The van der Waals surface area contributed by atoms with Crippen LogP contribution in [0.5, 0.6) is 5.75 Å². The molecule has 1 saturated heterocycles. The molecule has 3 atom stereocenters. The van der Waals surface area contributed by atoms with Gasteiger partial charge in [-0.05, 0) is 38.3 Å². The minimum Gasteiger partial charge on any atom is -0.508 e. The van der Waals surface area contributed by atoms with Gasteiger partial charge in [-0.2, -0.15) is 0 Å². The molecule has 1 fully saturated rings. The van der Waals surface area contributed by atoms with E-state index in [4.69, 9.17) is 0 Å². The molecule has 2 rings (SSSR count). The standard InChI is InChI=1S/C17H26N2O2/c1-4-13-9-10-18-15(11-13)17(21)19(3)12(2)14-7-5-6-8-16(14)20/h5-8,12-13,15,18,20H,4,9-11H2,1-3H3. The Morgan fingerprint density at radius 2 is 2.19 bits per heavy atom. The van der Waals surface area contributed by atoms with Gasteiger partial charge in [0.05, 0.1) is 12.1 Å². The molecule has 0 radical (unpaired) electrons. The monoisotopic (exact) mass is 290 g/mol. The Labute approximate surface area is 127 Å². The van der Waals surface area contributed by atoms with Crippen molar-refractivity contribution < 1.29 is 9.90 Å². The van der Waals surface area contributed by atoms with E-state index < -0.39 is 0 Å². The second kappa shape index (κ2) is 6.94. The molecule has 1 aromatic rings. The van der Waals surface area contributed by atoms with E-state index in [0.717, 1.165) is 31.4 Å². The van der Waals surface area contributed by atoms with Crippen LogP contribution in [0.3, 0.4) is 0 Å². The Bertz CT molecular complexity index is 489. The number of piperidine rings is 1. The maximum atomic E-state index is 12.7. The lowest BCUT2D eigenvalue weighted by molar-refractivity contribution is -0.135. The molecule has 0 spiro atoms. The van der Waals surface area contributed by atoms with Crippen molar-refractivity contribution in [2.75, 3.05) is 13.6 Å². The first kappa shape index (κ1) is 15.8. The summed E-state index contributed by atoms with van der Waals surface area (Å²) in [7, 11) is 1.82. The number of hydrogen-bond acceptors (Lipinski definition) is 3. The van der Waals surface area contributed by atoms with E-state index >= 15 is 0 Å². The second-order valence-electron chi connectivity index (χ2n) is 5.99. The average Bonchev–Trinajstić information content (AvgIpc) is 2.53. The van der Waals surface area contributed by atoms with Gasteiger partial charge in [-0.15, -0.1) is 0 Å². The number of hydrogen-bond donors (Lipinski definition) is 2. The topological polar surface area (TPSA) is 52.6 Å². The number of carbonyl (C=O) groups is 1. The minimum absolute atomic E-state index is 0.0954. The number of nitrogens with zero attached hydrogens (tertiary/aromatic N) is 1. The summed E-state index contributed by atoms with van der Waals surface area (Å²) in [6.45, 7) is 5.05. The molecule has 0 saturated carbocycles. The van der Waals surface area contributed by atoms with E-state index in [2.05, 4.69) is 12.2 Å². The third-order valence-corrected chi connectivity index (χ3v) is 4.70. The molecule has 3 unspecified atom stereocenters. The van der Waals surface area contributed by atoms with Crippen LogP contribution in [0.1, 0.15) is 44.7 Å². The van der Waals surface area contributed by atoms with Crippen LogP contribution >= 0.6 is 0 Å². The van der Waals surface area contributed by atoms with Crippen LogP contribution in [0.4, 0.5) is 0 Å². The molecule has 1 heterocycles. The van der Waals surface area contributed by atoms with E-state index in [9.17, 15) is 9.90 Å². The number of aromatic hydroxyl groups is 1. The Morgan fingerprint density at radius 3 is 2.86 bits per heavy atom. The molecule has 1 amide bonds. The van der Waals surface area contributed by atoms with Gasteiger partial charge in [-0.1, -0.05) is 31.5 Å². The number of amides is 1. The quantitative estimate of drug-likeness (QED) is 0.896. The van der Waals surface area contributed by atoms with Gasteiger partial charge in [0.15, 0.2) is 0 Å². The lowest BCUT2D eigenvalue weighted by Gasteiger charge is -2.34. The van der Waals surface area contributed by atoms with Gasteiger partial charge in [0.1, 0.15) is 5.75 Å². The van der Waals surface area contributed by atoms with Crippen molar-refractivity contribution in [2.45, 2.75) is 45.2 Å². The van der Waals surface area contributed by atoms with Crippen LogP contribution in [0, 0.1) is 5.92 Å². The molecule has 1 aromatic carbocycles. The molecular formula is C17H26N2O2. The Kier molecular flexibility index (Phi) is 5.23. The van der Waals surface area contributed by atoms with Crippen molar-refractivity contribution in [1.82, 2.24) is 10.2 Å². The summed E-state index contributed by atoms with van der Waals surface area (Å²) in [6, 6.07) is 6.98. The van der Waals surface area contributed by atoms with Crippen LogP contribution < -0.4 is 5.32 Å². The minimum atomic E-state index is -0.137. The first-order valence-corrected chi connectivity index (χ1v) is 7.82. The molecule has 0 bridgehead atoms. The summed E-state index contributed by atoms with van der Waals surface area (Å²) in [4.78, 5) is 14.4. The highest BCUT2D eigenvalue weighted by Gasteiger charge is 2.30. The van der Waals surface area contributed by atoms with Crippen LogP contribution in [0.2, 0.25) is 0 Å². The molecular weight excluding hydrogens is 264 g/mol. The predicted octanol–water partition coefficient (Wildman–Crippen LogP) is 2.69. The molecule has 0 aliphatic carbocycles. The van der Waals surface area contributed by atoms with Gasteiger partial charge in [-0.3, -0.25) is 4.79 Å². The largest absolute Gasteiger partial charge is 0.508 e. The van der Waals surface area contributed by atoms with Gasteiger partial charge in [0.25, 0.3) is 0 Å². The third-order valence-electron chi connectivity index (χ3n) is 4.70. The maximum Gasteiger partial charge on any atom is 0.239 e. The number of carbonyl (C=O) groups excluding carboxylic acids is 1. The van der Waals surface area contributed by atoms with Crippen molar-refractivity contribution in [2.24, 2.45) is 5.92 Å².